The average molecular weight is 284 g/mol. The van der Waals surface area contributed by atoms with Crippen molar-refractivity contribution in [1.29, 1.82) is 0 Å². The molecule has 0 radical (unpaired) electrons. The molecule has 0 bridgehead atoms. The zero-order valence-electron chi connectivity index (χ0n) is 11.4. The Morgan fingerprint density at radius 2 is 1.81 bits per heavy atom. The molecule has 1 amide bonds. The highest BCUT2D eigenvalue weighted by Gasteiger charge is 2.21. The molecule has 21 heavy (non-hydrogen) atoms. The van der Waals surface area contributed by atoms with E-state index in [0.29, 0.717) is 12.0 Å². The molecule has 0 aliphatic carbocycles. The van der Waals surface area contributed by atoms with Gasteiger partial charge in [0.2, 0.25) is 5.91 Å². The van der Waals surface area contributed by atoms with Crippen LogP contribution in [0.4, 0.5) is 0 Å². The van der Waals surface area contributed by atoms with Gasteiger partial charge in [0, 0.05) is 18.3 Å². The monoisotopic (exact) mass is 284 g/mol. The molecule has 2 N–H and O–H groups in total. The predicted molar refractivity (Wildman–Crippen MR) is 77.5 cm³/mol. The van der Waals surface area contributed by atoms with Crippen LogP contribution in [0.5, 0.6) is 0 Å². The third-order valence-corrected chi connectivity index (χ3v) is 3.02. The second-order valence-corrected chi connectivity index (χ2v) is 4.57. The average Bonchev–Trinajstić information content (AvgIpc) is 2.52. The Labute approximate surface area is 122 Å². The molecule has 0 spiro atoms. The van der Waals surface area contributed by atoms with Gasteiger partial charge in [0.15, 0.2) is 6.04 Å². The first-order valence-corrected chi connectivity index (χ1v) is 6.64. The van der Waals surface area contributed by atoms with Crippen molar-refractivity contribution in [3.05, 3.63) is 66.0 Å². The van der Waals surface area contributed by atoms with Crippen LogP contribution in [-0.2, 0) is 16.0 Å². The highest BCUT2D eigenvalue weighted by Crippen LogP contribution is 2.13. The van der Waals surface area contributed by atoms with E-state index < -0.39 is 12.0 Å². The number of benzene rings is 1. The Hall–Kier alpha value is -2.69. The van der Waals surface area contributed by atoms with Crippen molar-refractivity contribution >= 4 is 11.9 Å². The third-order valence-electron chi connectivity index (χ3n) is 3.02. The van der Waals surface area contributed by atoms with Crippen molar-refractivity contribution in [1.82, 2.24) is 10.3 Å². The van der Waals surface area contributed by atoms with Crippen molar-refractivity contribution in [3.63, 3.8) is 0 Å². The van der Waals surface area contributed by atoms with E-state index in [9.17, 15) is 14.7 Å². The van der Waals surface area contributed by atoms with Crippen LogP contribution < -0.4 is 5.32 Å². The van der Waals surface area contributed by atoms with Gasteiger partial charge in [-0.3, -0.25) is 9.78 Å². The number of aryl methyl sites for hydroxylation is 1. The Kier molecular flexibility index (Phi) is 5.04. The van der Waals surface area contributed by atoms with Crippen molar-refractivity contribution in [2.75, 3.05) is 0 Å². The zero-order valence-corrected chi connectivity index (χ0v) is 11.4. The van der Waals surface area contributed by atoms with Gasteiger partial charge in [-0.1, -0.05) is 36.4 Å². The van der Waals surface area contributed by atoms with E-state index in [1.165, 1.54) is 0 Å². The van der Waals surface area contributed by atoms with Gasteiger partial charge in [-0.2, -0.15) is 0 Å². The predicted octanol–water partition coefficient (Wildman–Crippen LogP) is 1.96. The highest BCUT2D eigenvalue weighted by molar-refractivity contribution is 5.84. The molecule has 108 valence electrons. The number of carboxylic acid groups (broad SMARTS) is 1. The maximum absolute atomic E-state index is 11.9. The van der Waals surface area contributed by atoms with Gasteiger partial charge in [0.25, 0.3) is 0 Å². The lowest BCUT2D eigenvalue weighted by Gasteiger charge is -2.14. The summed E-state index contributed by atoms with van der Waals surface area (Å²) < 4.78 is 0. The lowest BCUT2D eigenvalue weighted by atomic mass is 10.1. The van der Waals surface area contributed by atoms with Crippen LogP contribution in [0.25, 0.3) is 0 Å². The van der Waals surface area contributed by atoms with Crippen molar-refractivity contribution in [2.24, 2.45) is 0 Å². The fraction of sp³-hybridized carbons (Fsp3) is 0.188. The SMILES string of the molecule is O=C(CCc1ccccn1)N[C@@H](C(=O)O)c1ccccc1. The number of nitrogens with one attached hydrogen (secondary N) is 1. The van der Waals surface area contributed by atoms with Crippen LogP contribution in [0.15, 0.2) is 54.7 Å². The molecule has 1 heterocycles. The summed E-state index contributed by atoms with van der Waals surface area (Å²) in [5.41, 5.74) is 1.36. The number of pyridine rings is 1. The second-order valence-electron chi connectivity index (χ2n) is 4.57. The van der Waals surface area contributed by atoms with E-state index in [-0.39, 0.29) is 12.3 Å². The number of nitrogens with zero attached hydrogens (tertiary/aromatic N) is 1. The number of rotatable bonds is 6. The molecule has 2 rings (SSSR count). The number of carbonyl (C=O) groups is 2. The number of amides is 1. The standard InChI is InChI=1S/C16H16N2O3/c19-14(10-9-13-8-4-5-11-17-13)18-15(16(20)21)12-6-2-1-3-7-12/h1-8,11,15H,9-10H2,(H,18,19)(H,20,21)/t15-/m1/s1. The Morgan fingerprint density at radius 1 is 1.10 bits per heavy atom. The van der Waals surface area contributed by atoms with E-state index in [2.05, 4.69) is 10.3 Å². The molecule has 1 aromatic heterocycles. The molecule has 0 saturated heterocycles. The first-order chi connectivity index (χ1) is 10.2. The Bertz CT molecular complexity index is 599. The maximum atomic E-state index is 11.9. The summed E-state index contributed by atoms with van der Waals surface area (Å²) in [4.78, 5) is 27.3. The van der Waals surface area contributed by atoms with E-state index in [0.717, 1.165) is 5.69 Å². The molecule has 5 heteroatoms. The van der Waals surface area contributed by atoms with Gasteiger partial charge in [-0.25, -0.2) is 4.79 Å². The number of hydrogen-bond acceptors (Lipinski definition) is 3. The minimum absolute atomic E-state index is 0.202. The van der Waals surface area contributed by atoms with Crippen LogP contribution in [0.3, 0.4) is 0 Å². The number of hydrogen-bond donors (Lipinski definition) is 2. The van der Waals surface area contributed by atoms with Crippen LogP contribution in [-0.4, -0.2) is 22.0 Å². The lowest BCUT2D eigenvalue weighted by Crippen LogP contribution is -2.33. The fourth-order valence-corrected chi connectivity index (χ4v) is 1.95. The minimum atomic E-state index is -1.08. The molecule has 0 unspecified atom stereocenters. The molecule has 5 nitrogen and oxygen atoms in total. The van der Waals surface area contributed by atoms with Crippen molar-refractivity contribution in [2.45, 2.75) is 18.9 Å². The van der Waals surface area contributed by atoms with Gasteiger partial charge in [-0.15, -0.1) is 0 Å². The number of aromatic nitrogens is 1. The molecule has 0 saturated carbocycles. The Morgan fingerprint density at radius 3 is 2.43 bits per heavy atom. The molecule has 2 aromatic rings. The number of aliphatic carboxylic acids is 1. The van der Waals surface area contributed by atoms with E-state index in [4.69, 9.17) is 0 Å². The molecule has 0 fully saturated rings. The third kappa shape index (κ3) is 4.42. The van der Waals surface area contributed by atoms with E-state index in [1.807, 2.05) is 12.1 Å². The maximum Gasteiger partial charge on any atom is 0.330 e. The topological polar surface area (TPSA) is 79.3 Å². The lowest BCUT2D eigenvalue weighted by molar-refractivity contribution is -0.142. The summed E-state index contributed by atoms with van der Waals surface area (Å²) in [6, 6.07) is 13.1. The van der Waals surface area contributed by atoms with Crippen LogP contribution >= 0.6 is 0 Å². The summed E-state index contributed by atoms with van der Waals surface area (Å²) in [5.74, 6) is -1.38. The summed E-state index contributed by atoms with van der Waals surface area (Å²) in [6.45, 7) is 0. The van der Waals surface area contributed by atoms with Gasteiger partial charge in [0.05, 0.1) is 0 Å². The Balaban J connectivity index is 1.95. The quantitative estimate of drug-likeness (QED) is 0.849. The van der Waals surface area contributed by atoms with E-state index in [1.54, 1.807) is 42.6 Å². The normalized spacial score (nSPS) is 11.6. The summed E-state index contributed by atoms with van der Waals surface area (Å²) >= 11 is 0. The highest BCUT2D eigenvalue weighted by atomic mass is 16.4. The molecule has 1 atom stereocenters. The molecule has 1 aromatic carbocycles. The first-order valence-electron chi connectivity index (χ1n) is 6.64. The van der Waals surface area contributed by atoms with Crippen LogP contribution in [0.2, 0.25) is 0 Å². The van der Waals surface area contributed by atoms with Crippen molar-refractivity contribution < 1.29 is 14.7 Å². The van der Waals surface area contributed by atoms with Crippen LogP contribution in [0, 0.1) is 0 Å². The summed E-state index contributed by atoms with van der Waals surface area (Å²) in [7, 11) is 0. The first kappa shape index (κ1) is 14.7. The molecule has 0 aliphatic heterocycles. The van der Waals surface area contributed by atoms with Gasteiger partial charge in [0.1, 0.15) is 0 Å². The van der Waals surface area contributed by atoms with Gasteiger partial charge < -0.3 is 10.4 Å². The molecular formula is C16H16N2O3. The minimum Gasteiger partial charge on any atom is -0.479 e. The summed E-state index contributed by atoms with van der Waals surface area (Å²) in [5, 5.41) is 11.8. The number of carboxylic acids is 1. The zero-order chi connectivity index (χ0) is 15.1. The fourth-order valence-electron chi connectivity index (χ4n) is 1.95. The smallest absolute Gasteiger partial charge is 0.330 e. The van der Waals surface area contributed by atoms with E-state index >= 15 is 0 Å². The van der Waals surface area contributed by atoms with Gasteiger partial charge in [-0.05, 0) is 24.1 Å². The van der Waals surface area contributed by atoms with Crippen LogP contribution in [0.1, 0.15) is 23.7 Å². The molecule has 0 aliphatic rings. The second kappa shape index (κ2) is 7.19. The molecular weight excluding hydrogens is 268 g/mol. The number of carbonyl (C=O) groups excluding carboxylic acids is 1. The summed E-state index contributed by atoms with van der Waals surface area (Å²) in [6.07, 6.45) is 2.35. The van der Waals surface area contributed by atoms with Gasteiger partial charge >= 0.3 is 5.97 Å². The largest absolute Gasteiger partial charge is 0.479 e. The van der Waals surface area contributed by atoms with Crippen molar-refractivity contribution in [3.8, 4) is 0 Å².